The predicted octanol–water partition coefficient (Wildman–Crippen LogP) is 2.87. The Morgan fingerprint density at radius 1 is 1.06 bits per heavy atom. The average Bonchev–Trinajstić information content (AvgIpc) is 3.49. The third-order valence-corrected chi connectivity index (χ3v) is 7.94. The maximum absolute atomic E-state index is 13.6. The summed E-state index contributed by atoms with van der Waals surface area (Å²) in [7, 11) is -3.96. The lowest BCUT2D eigenvalue weighted by atomic mass is 9.99. The van der Waals surface area contributed by atoms with Gasteiger partial charge in [-0.05, 0) is 54.3 Å². The van der Waals surface area contributed by atoms with Crippen LogP contribution in [0.4, 0.5) is 5.82 Å². The number of H-pyrrole nitrogens is 1. The van der Waals surface area contributed by atoms with Crippen molar-refractivity contribution in [2.75, 3.05) is 12.3 Å². The van der Waals surface area contributed by atoms with Crippen molar-refractivity contribution in [2.24, 2.45) is 0 Å². The standard InChI is InChI=1S/C25H27N5O3S/c26-24-9-4-14-29(24)16-12-22(25(31)30-15-11-18-5-1-2-6-19(18)17-30)28-34(32,33)23-8-3-7-21-20(23)10-13-27-21/h1-10,13-14,22,27-28H,11-12,15-17,26H2. The lowest BCUT2D eigenvalue weighted by Gasteiger charge is -2.32. The number of aromatic amines is 1. The SMILES string of the molecule is Nc1cccn1CCC(NS(=O)(=O)c1cccc2[nH]ccc12)C(=O)N1CCc2ccccc2C1. The number of carbonyl (C=O) groups excluding carboxylic acids is 1. The molecule has 4 N–H and O–H groups in total. The number of aromatic nitrogens is 2. The number of hydrogen-bond donors (Lipinski definition) is 3. The molecule has 176 valence electrons. The van der Waals surface area contributed by atoms with Gasteiger partial charge in [0.05, 0.1) is 4.90 Å². The van der Waals surface area contributed by atoms with Gasteiger partial charge in [0.1, 0.15) is 11.9 Å². The molecule has 1 amide bonds. The van der Waals surface area contributed by atoms with Gasteiger partial charge in [-0.15, -0.1) is 0 Å². The average molecular weight is 478 g/mol. The van der Waals surface area contributed by atoms with E-state index in [1.807, 2.05) is 41.1 Å². The Morgan fingerprint density at radius 2 is 1.88 bits per heavy atom. The smallest absolute Gasteiger partial charge is 0.241 e. The summed E-state index contributed by atoms with van der Waals surface area (Å²) in [6, 6.07) is 17.5. The van der Waals surface area contributed by atoms with Gasteiger partial charge in [0, 0.05) is 42.9 Å². The van der Waals surface area contributed by atoms with Crippen LogP contribution in [0.5, 0.6) is 0 Å². The summed E-state index contributed by atoms with van der Waals surface area (Å²) in [4.78, 5) is 18.6. The van der Waals surface area contributed by atoms with E-state index in [1.54, 1.807) is 35.4 Å². The van der Waals surface area contributed by atoms with Gasteiger partial charge in [0.25, 0.3) is 0 Å². The van der Waals surface area contributed by atoms with Crippen LogP contribution in [0.1, 0.15) is 17.5 Å². The highest BCUT2D eigenvalue weighted by molar-refractivity contribution is 7.89. The fourth-order valence-electron chi connectivity index (χ4n) is 4.58. The largest absolute Gasteiger partial charge is 0.385 e. The van der Waals surface area contributed by atoms with Crippen molar-refractivity contribution in [2.45, 2.75) is 36.9 Å². The third kappa shape index (κ3) is 4.32. The molecule has 0 aliphatic carbocycles. The molecule has 0 saturated carbocycles. The molecule has 4 aromatic rings. The molecule has 1 aliphatic rings. The highest BCUT2D eigenvalue weighted by atomic mass is 32.2. The number of nitrogens with two attached hydrogens (primary N) is 1. The van der Waals surface area contributed by atoms with E-state index in [1.165, 1.54) is 5.56 Å². The van der Waals surface area contributed by atoms with Gasteiger partial charge < -0.3 is 20.2 Å². The van der Waals surface area contributed by atoms with Gasteiger partial charge in [0.2, 0.25) is 15.9 Å². The van der Waals surface area contributed by atoms with Gasteiger partial charge in [-0.2, -0.15) is 4.72 Å². The molecule has 0 saturated heterocycles. The van der Waals surface area contributed by atoms with Crippen LogP contribution in [0.2, 0.25) is 0 Å². The second-order valence-electron chi connectivity index (χ2n) is 8.56. The molecule has 3 heterocycles. The lowest BCUT2D eigenvalue weighted by molar-refractivity contribution is -0.134. The molecule has 0 fully saturated rings. The molecule has 2 aromatic heterocycles. The molecule has 1 aliphatic heterocycles. The number of nitrogen functional groups attached to an aromatic ring is 1. The molecule has 0 radical (unpaired) electrons. The number of anilines is 1. The van der Waals surface area contributed by atoms with Crippen LogP contribution in [-0.4, -0.2) is 41.4 Å². The molecule has 5 rings (SSSR count). The number of rotatable bonds is 7. The zero-order chi connectivity index (χ0) is 23.7. The van der Waals surface area contributed by atoms with Gasteiger partial charge in [-0.1, -0.05) is 30.3 Å². The Balaban J connectivity index is 1.42. The minimum atomic E-state index is -3.96. The van der Waals surface area contributed by atoms with E-state index in [9.17, 15) is 13.2 Å². The van der Waals surface area contributed by atoms with Crippen molar-refractivity contribution in [1.29, 1.82) is 0 Å². The maximum atomic E-state index is 13.6. The summed E-state index contributed by atoms with van der Waals surface area (Å²) in [5, 5.41) is 0.586. The third-order valence-electron chi connectivity index (χ3n) is 6.41. The first-order valence-electron chi connectivity index (χ1n) is 11.3. The van der Waals surface area contributed by atoms with Gasteiger partial charge in [-0.3, -0.25) is 4.79 Å². The monoisotopic (exact) mass is 477 g/mol. The normalized spacial score (nSPS) is 14.8. The van der Waals surface area contributed by atoms with E-state index in [0.29, 0.717) is 30.8 Å². The number of aryl methyl sites for hydroxylation is 1. The summed E-state index contributed by atoms with van der Waals surface area (Å²) in [6.07, 6.45) is 4.54. The van der Waals surface area contributed by atoms with E-state index in [4.69, 9.17) is 5.73 Å². The zero-order valence-corrected chi connectivity index (χ0v) is 19.5. The summed E-state index contributed by atoms with van der Waals surface area (Å²) in [5.74, 6) is 0.336. The highest BCUT2D eigenvalue weighted by Gasteiger charge is 2.31. The first-order chi connectivity index (χ1) is 16.4. The van der Waals surface area contributed by atoms with Crippen LogP contribution in [0.3, 0.4) is 0 Å². The number of amides is 1. The molecule has 8 nitrogen and oxygen atoms in total. The molecule has 0 bridgehead atoms. The molecule has 2 aromatic carbocycles. The van der Waals surface area contributed by atoms with Crippen molar-refractivity contribution in [3.05, 3.63) is 84.2 Å². The molecular weight excluding hydrogens is 450 g/mol. The van der Waals surface area contributed by atoms with Crippen LogP contribution >= 0.6 is 0 Å². The molecule has 1 atom stereocenters. The van der Waals surface area contributed by atoms with E-state index < -0.39 is 16.1 Å². The summed E-state index contributed by atoms with van der Waals surface area (Å²) in [6.45, 7) is 1.43. The van der Waals surface area contributed by atoms with E-state index in [-0.39, 0.29) is 17.2 Å². The van der Waals surface area contributed by atoms with Crippen LogP contribution in [0.15, 0.2) is 78.0 Å². The van der Waals surface area contributed by atoms with Crippen molar-refractivity contribution in [3.63, 3.8) is 0 Å². The van der Waals surface area contributed by atoms with Crippen LogP contribution in [0.25, 0.3) is 10.9 Å². The molecule has 34 heavy (non-hydrogen) atoms. The fourth-order valence-corrected chi connectivity index (χ4v) is 6.02. The number of nitrogens with one attached hydrogen (secondary N) is 2. The number of fused-ring (bicyclic) bond motifs is 2. The van der Waals surface area contributed by atoms with Crippen LogP contribution < -0.4 is 10.5 Å². The van der Waals surface area contributed by atoms with E-state index in [2.05, 4.69) is 15.8 Å². The minimum Gasteiger partial charge on any atom is -0.385 e. The van der Waals surface area contributed by atoms with Crippen molar-refractivity contribution in [1.82, 2.24) is 19.2 Å². The zero-order valence-electron chi connectivity index (χ0n) is 18.6. The highest BCUT2D eigenvalue weighted by Crippen LogP contribution is 2.24. The fraction of sp³-hybridized carbons (Fsp3) is 0.240. The summed E-state index contributed by atoms with van der Waals surface area (Å²) < 4.78 is 31.4. The summed E-state index contributed by atoms with van der Waals surface area (Å²) in [5.41, 5.74) is 9.03. The minimum absolute atomic E-state index is 0.147. The van der Waals surface area contributed by atoms with Crippen molar-refractivity contribution >= 4 is 32.7 Å². The van der Waals surface area contributed by atoms with Gasteiger partial charge >= 0.3 is 0 Å². The Bertz CT molecular complexity index is 1440. The van der Waals surface area contributed by atoms with Crippen LogP contribution in [0, 0.1) is 0 Å². The number of hydrogen-bond acceptors (Lipinski definition) is 4. The van der Waals surface area contributed by atoms with Crippen molar-refractivity contribution in [3.8, 4) is 0 Å². The van der Waals surface area contributed by atoms with Gasteiger partial charge in [-0.25, -0.2) is 8.42 Å². The lowest BCUT2D eigenvalue weighted by Crippen LogP contribution is -2.50. The second-order valence-corrected chi connectivity index (χ2v) is 10.2. The van der Waals surface area contributed by atoms with Gasteiger partial charge in [0.15, 0.2) is 0 Å². The number of nitrogens with zero attached hydrogens (tertiary/aromatic N) is 2. The summed E-state index contributed by atoms with van der Waals surface area (Å²) >= 11 is 0. The van der Waals surface area contributed by atoms with E-state index >= 15 is 0 Å². The molecule has 9 heteroatoms. The topological polar surface area (TPSA) is 113 Å². The molecule has 0 spiro atoms. The van der Waals surface area contributed by atoms with Crippen molar-refractivity contribution < 1.29 is 13.2 Å². The Labute approximate surface area is 198 Å². The first kappa shape index (κ1) is 22.2. The number of carbonyl (C=O) groups is 1. The maximum Gasteiger partial charge on any atom is 0.241 e. The Morgan fingerprint density at radius 3 is 2.68 bits per heavy atom. The Hall–Kier alpha value is -3.56. The molecular formula is C25H27N5O3S. The second kappa shape index (κ2) is 9.00. The Kier molecular flexibility index (Phi) is 5.89. The van der Waals surface area contributed by atoms with E-state index in [0.717, 1.165) is 17.5 Å². The number of benzene rings is 2. The van der Waals surface area contributed by atoms with Crippen LogP contribution in [-0.2, 0) is 34.3 Å². The number of sulfonamides is 1. The quantitative estimate of drug-likeness (QED) is 0.380. The predicted molar refractivity (Wildman–Crippen MR) is 131 cm³/mol. The molecule has 1 unspecified atom stereocenters. The first-order valence-corrected chi connectivity index (χ1v) is 12.8.